The van der Waals surface area contributed by atoms with E-state index in [1.165, 1.54) is 18.9 Å². The highest BCUT2D eigenvalue weighted by Crippen LogP contribution is 2.37. The SMILES string of the molecule is COC(=O)c1c(SCc2ccc(Cl)cc2)nc2ccccc2c1OCc1cc(C)ccc1C. The minimum atomic E-state index is -0.470. The number of hydrogen-bond acceptors (Lipinski definition) is 5. The van der Waals surface area contributed by atoms with Gasteiger partial charge in [-0.1, -0.05) is 59.6 Å². The molecule has 0 radical (unpaired) electrons. The number of benzene rings is 3. The first-order valence-corrected chi connectivity index (χ1v) is 11.9. The summed E-state index contributed by atoms with van der Waals surface area (Å²) in [5, 5.41) is 2.04. The van der Waals surface area contributed by atoms with E-state index in [9.17, 15) is 4.79 Å². The largest absolute Gasteiger partial charge is 0.487 e. The van der Waals surface area contributed by atoms with Gasteiger partial charge in [0.05, 0.1) is 12.6 Å². The van der Waals surface area contributed by atoms with E-state index in [0.29, 0.717) is 33.7 Å². The van der Waals surface area contributed by atoms with Crippen molar-refractivity contribution in [3.8, 4) is 5.75 Å². The highest BCUT2D eigenvalue weighted by atomic mass is 35.5. The highest BCUT2D eigenvalue weighted by molar-refractivity contribution is 7.98. The van der Waals surface area contributed by atoms with Gasteiger partial charge in [0, 0.05) is 16.2 Å². The molecule has 0 amide bonds. The number of aromatic nitrogens is 1. The summed E-state index contributed by atoms with van der Waals surface area (Å²) < 4.78 is 11.5. The Balaban J connectivity index is 1.76. The monoisotopic (exact) mass is 477 g/mol. The molecule has 4 nitrogen and oxygen atoms in total. The maximum atomic E-state index is 12.9. The highest BCUT2D eigenvalue weighted by Gasteiger charge is 2.24. The van der Waals surface area contributed by atoms with Crippen LogP contribution in [0.15, 0.2) is 71.8 Å². The molecule has 0 saturated carbocycles. The molecule has 4 aromatic rings. The summed E-state index contributed by atoms with van der Waals surface area (Å²) in [6.45, 7) is 4.44. The molecule has 0 saturated heterocycles. The van der Waals surface area contributed by atoms with Gasteiger partial charge >= 0.3 is 5.97 Å². The Labute approximate surface area is 202 Å². The Morgan fingerprint density at radius 1 is 1.03 bits per heavy atom. The number of esters is 1. The number of para-hydroxylation sites is 1. The van der Waals surface area contributed by atoms with E-state index < -0.39 is 5.97 Å². The van der Waals surface area contributed by atoms with Crippen molar-refractivity contribution in [3.63, 3.8) is 0 Å². The first kappa shape index (κ1) is 23.1. The zero-order chi connectivity index (χ0) is 23.4. The number of fused-ring (bicyclic) bond motifs is 1. The van der Waals surface area contributed by atoms with Crippen LogP contribution in [0.3, 0.4) is 0 Å². The van der Waals surface area contributed by atoms with Crippen LogP contribution in [-0.2, 0) is 17.1 Å². The third-order valence-electron chi connectivity index (χ3n) is 5.37. The molecule has 4 rings (SSSR count). The van der Waals surface area contributed by atoms with Crippen LogP contribution in [0.4, 0.5) is 0 Å². The van der Waals surface area contributed by atoms with Crippen LogP contribution in [0, 0.1) is 13.8 Å². The predicted molar refractivity (Wildman–Crippen MR) is 134 cm³/mol. The summed E-state index contributed by atoms with van der Waals surface area (Å²) in [7, 11) is 1.37. The molecule has 0 bridgehead atoms. The van der Waals surface area contributed by atoms with E-state index in [4.69, 9.17) is 26.1 Å². The molecule has 3 aromatic carbocycles. The number of carbonyl (C=O) groups is 1. The van der Waals surface area contributed by atoms with Crippen molar-refractivity contribution in [2.75, 3.05) is 7.11 Å². The summed E-state index contributed by atoms with van der Waals surface area (Å²) in [5.41, 5.74) is 5.55. The van der Waals surface area contributed by atoms with Gasteiger partial charge in [-0.2, -0.15) is 0 Å². The summed E-state index contributed by atoms with van der Waals surface area (Å²) in [5.74, 6) is 0.651. The minimum Gasteiger partial charge on any atom is -0.487 e. The van der Waals surface area contributed by atoms with Crippen LogP contribution in [0.2, 0.25) is 5.02 Å². The molecule has 0 aliphatic rings. The first-order chi connectivity index (χ1) is 16.0. The van der Waals surface area contributed by atoms with Crippen molar-refractivity contribution in [1.82, 2.24) is 4.98 Å². The normalized spacial score (nSPS) is 10.9. The second-order valence-corrected chi connectivity index (χ2v) is 9.16. The lowest BCUT2D eigenvalue weighted by molar-refractivity contribution is 0.0590. The van der Waals surface area contributed by atoms with Gasteiger partial charge in [0.25, 0.3) is 0 Å². The van der Waals surface area contributed by atoms with E-state index in [-0.39, 0.29) is 0 Å². The zero-order valence-corrected chi connectivity index (χ0v) is 20.3. The van der Waals surface area contributed by atoms with Crippen LogP contribution in [-0.4, -0.2) is 18.1 Å². The molecule has 1 aromatic heterocycles. The second-order valence-electron chi connectivity index (χ2n) is 7.76. The third kappa shape index (κ3) is 5.32. The van der Waals surface area contributed by atoms with Gasteiger partial charge in [0.1, 0.15) is 22.9 Å². The van der Waals surface area contributed by atoms with Gasteiger partial charge in [-0.05, 0) is 54.8 Å². The van der Waals surface area contributed by atoms with E-state index in [2.05, 4.69) is 32.0 Å². The lowest BCUT2D eigenvalue weighted by atomic mass is 10.1. The molecule has 0 aliphatic carbocycles. The molecule has 0 fully saturated rings. The quantitative estimate of drug-likeness (QED) is 0.209. The Morgan fingerprint density at radius 2 is 1.79 bits per heavy atom. The van der Waals surface area contributed by atoms with Crippen molar-refractivity contribution in [2.45, 2.75) is 31.2 Å². The van der Waals surface area contributed by atoms with Gasteiger partial charge in [-0.3, -0.25) is 0 Å². The molecular formula is C27H24ClNO3S. The maximum Gasteiger partial charge on any atom is 0.344 e. The fraction of sp³-hybridized carbons (Fsp3) is 0.185. The molecule has 1 heterocycles. The topological polar surface area (TPSA) is 48.4 Å². The number of aryl methyl sites for hydroxylation is 2. The van der Waals surface area contributed by atoms with E-state index in [0.717, 1.165) is 33.2 Å². The first-order valence-electron chi connectivity index (χ1n) is 10.5. The van der Waals surface area contributed by atoms with Crippen LogP contribution in [0.25, 0.3) is 10.9 Å². The average molecular weight is 478 g/mol. The molecule has 0 unspecified atom stereocenters. The van der Waals surface area contributed by atoms with Crippen LogP contribution < -0.4 is 4.74 Å². The van der Waals surface area contributed by atoms with Crippen LogP contribution >= 0.6 is 23.4 Å². The Kier molecular flexibility index (Phi) is 7.21. The molecular weight excluding hydrogens is 454 g/mol. The number of halogens is 1. The van der Waals surface area contributed by atoms with Gasteiger partial charge in [-0.25, -0.2) is 9.78 Å². The number of thioether (sulfide) groups is 1. The van der Waals surface area contributed by atoms with Gasteiger partial charge in [0.15, 0.2) is 0 Å². The standard InChI is InChI=1S/C27H24ClNO3S/c1-17-8-9-18(2)20(14-17)15-32-25-22-6-4-5-7-23(22)29-26(24(25)27(30)31-3)33-16-19-10-12-21(28)13-11-19/h4-14H,15-16H2,1-3H3. The third-order valence-corrected chi connectivity index (χ3v) is 6.67. The molecule has 0 N–H and O–H groups in total. The Hall–Kier alpha value is -3.02. The fourth-order valence-electron chi connectivity index (χ4n) is 3.53. The van der Waals surface area contributed by atoms with Crippen molar-refractivity contribution < 1.29 is 14.3 Å². The summed E-state index contributed by atoms with van der Waals surface area (Å²) in [6.07, 6.45) is 0. The van der Waals surface area contributed by atoms with E-state index >= 15 is 0 Å². The summed E-state index contributed by atoms with van der Waals surface area (Å²) >= 11 is 7.48. The van der Waals surface area contributed by atoms with E-state index in [1.807, 2.05) is 48.5 Å². The predicted octanol–water partition coefficient (Wildman–Crippen LogP) is 7.16. The van der Waals surface area contributed by atoms with Crippen molar-refractivity contribution >= 4 is 40.2 Å². The molecule has 33 heavy (non-hydrogen) atoms. The van der Waals surface area contributed by atoms with E-state index in [1.54, 1.807) is 0 Å². The van der Waals surface area contributed by atoms with Crippen LogP contribution in [0.1, 0.15) is 32.6 Å². The lowest BCUT2D eigenvalue weighted by Gasteiger charge is -2.17. The van der Waals surface area contributed by atoms with Crippen molar-refractivity contribution in [3.05, 3.63) is 99.6 Å². The zero-order valence-electron chi connectivity index (χ0n) is 18.7. The number of methoxy groups -OCH3 is 1. The number of carbonyl (C=O) groups excluding carboxylic acids is 1. The van der Waals surface area contributed by atoms with Crippen molar-refractivity contribution in [2.24, 2.45) is 0 Å². The molecule has 0 spiro atoms. The maximum absolute atomic E-state index is 12.9. The molecule has 0 aliphatic heterocycles. The molecule has 6 heteroatoms. The number of hydrogen-bond donors (Lipinski definition) is 0. The molecule has 0 atom stereocenters. The minimum absolute atomic E-state index is 0.340. The average Bonchev–Trinajstić information content (AvgIpc) is 2.83. The number of ether oxygens (including phenoxy) is 2. The summed E-state index contributed by atoms with van der Waals surface area (Å²) in [4.78, 5) is 17.7. The number of pyridine rings is 1. The Bertz CT molecular complexity index is 1310. The van der Waals surface area contributed by atoms with Gasteiger partial charge in [-0.15, -0.1) is 11.8 Å². The number of nitrogens with zero attached hydrogens (tertiary/aromatic N) is 1. The van der Waals surface area contributed by atoms with Crippen LogP contribution in [0.5, 0.6) is 5.75 Å². The second kappa shape index (κ2) is 10.3. The lowest BCUT2D eigenvalue weighted by Crippen LogP contribution is -2.10. The smallest absolute Gasteiger partial charge is 0.344 e. The summed E-state index contributed by atoms with van der Waals surface area (Å²) in [6, 6.07) is 21.6. The van der Waals surface area contributed by atoms with Crippen molar-refractivity contribution in [1.29, 1.82) is 0 Å². The number of rotatable bonds is 7. The fourth-order valence-corrected chi connectivity index (χ4v) is 4.64. The van der Waals surface area contributed by atoms with Gasteiger partial charge < -0.3 is 9.47 Å². The van der Waals surface area contributed by atoms with Gasteiger partial charge in [0.2, 0.25) is 0 Å². The molecule has 168 valence electrons. The Morgan fingerprint density at radius 3 is 2.55 bits per heavy atom.